The molecular weight excluding hydrogens is 167 g/mol. The molecule has 0 aliphatic rings. The number of carbonyl (C=O) groups is 1. The Kier molecular flexibility index (Phi) is 4.38. The van der Waals surface area contributed by atoms with Crippen LogP contribution in [0.25, 0.3) is 0 Å². The fraction of sp³-hybridized carbons (Fsp3) is 0.833. The van der Waals surface area contributed by atoms with Crippen LogP contribution in [0.3, 0.4) is 0 Å². The van der Waals surface area contributed by atoms with Gasteiger partial charge < -0.3 is 9.63 Å². The topological polar surface area (TPSA) is 63.6 Å². The van der Waals surface area contributed by atoms with Crippen LogP contribution in [-0.2, 0) is 13.9 Å². The van der Waals surface area contributed by atoms with Crippen molar-refractivity contribution in [1.82, 2.24) is 0 Å². The van der Waals surface area contributed by atoms with Crippen LogP contribution >= 0.6 is 7.37 Å². The summed E-state index contributed by atoms with van der Waals surface area (Å²) in [6.45, 7) is 3.67. The van der Waals surface area contributed by atoms with Gasteiger partial charge in [0, 0.05) is 6.16 Å². The maximum atomic E-state index is 11.4. The van der Waals surface area contributed by atoms with Gasteiger partial charge in [0.1, 0.15) is 6.16 Å². The Bertz CT molecular complexity index is 177. The van der Waals surface area contributed by atoms with E-state index in [1.165, 1.54) is 0 Å². The second-order valence-electron chi connectivity index (χ2n) is 2.10. The molecule has 0 unspecified atom stereocenters. The number of hydrogen-bond acceptors (Lipinski definition) is 3. The Morgan fingerprint density at radius 1 is 1.55 bits per heavy atom. The first-order valence-corrected chi connectivity index (χ1v) is 5.48. The average molecular weight is 180 g/mol. The van der Waals surface area contributed by atoms with Crippen molar-refractivity contribution in [1.29, 1.82) is 0 Å². The molecule has 5 heteroatoms. The van der Waals surface area contributed by atoms with E-state index in [9.17, 15) is 9.36 Å². The van der Waals surface area contributed by atoms with Crippen molar-refractivity contribution in [2.75, 3.05) is 18.9 Å². The quantitative estimate of drug-likeness (QED) is 0.649. The molecule has 0 fully saturated rings. The van der Waals surface area contributed by atoms with Crippen molar-refractivity contribution >= 4 is 13.3 Å². The molecule has 1 N–H and O–H groups in total. The van der Waals surface area contributed by atoms with Crippen molar-refractivity contribution in [2.45, 2.75) is 13.8 Å². The lowest BCUT2D eigenvalue weighted by atomic mass is 10.8. The predicted octanol–water partition coefficient (Wildman–Crippen LogP) is 1.41. The van der Waals surface area contributed by atoms with Crippen LogP contribution in [0, 0.1) is 0 Å². The second kappa shape index (κ2) is 4.52. The van der Waals surface area contributed by atoms with Crippen LogP contribution in [0.15, 0.2) is 0 Å². The lowest BCUT2D eigenvalue weighted by Gasteiger charge is -2.12. The summed E-state index contributed by atoms with van der Waals surface area (Å²) in [5.41, 5.74) is 0. The van der Waals surface area contributed by atoms with Crippen LogP contribution in [0.1, 0.15) is 13.8 Å². The van der Waals surface area contributed by atoms with Gasteiger partial charge in [0.2, 0.25) is 7.37 Å². The highest BCUT2D eigenvalue weighted by molar-refractivity contribution is 7.59. The van der Waals surface area contributed by atoms with Crippen molar-refractivity contribution in [3.63, 3.8) is 0 Å². The van der Waals surface area contributed by atoms with Crippen LogP contribution in [0.4, 0.5) is 0 Å². The van der Waals surface area contributed by atoms with E-state index in [0.29, 0.717) is 6.61 Å². The first-order chi connectivity index (χ1) is 5.04. The summed E-state index contributed by atoms with van der Waals surface area (Å²) in [4.78, 5) is 10.2. The average Bonchev–Trinajstić information content (AvgIpc) is 1.87. The number of aliphatic carboxylic acids is 1. The normalized spacial score (nSPS) is 15.8. The molecule has 0 aromatic rings. The van der Waals surface area contributed by atoms with E-state index < -0.39 is 13.3 Å². The minimum absolute atomic E-state index is 0.285. The molecule has 4 nitrogen and oxygen atoms in total. The van der Waals surface area contributed by atoms with Gasteiger partial charge in [-0.25, -0.2) is 0 Å². The van der Waals surface area contributed by atoms with E-state index in [0.717, 1.165) is 0 Å². The van der Waals surface area contributed by atoms with Gasteiger partial charge in [0.15, 0.2) is 0 Å². The van der Waals surface area contributed by atoms with E-state index in [1.54, 1.807) is 13.8 Å². The summed E-state index contributed by atoms with van der Waals surface area (Å²) in [5.74, 6) is -1.07. The Hall–Kier alpha value is -0.340. The van der Waals surface area contributed by atoms with Crippen LogP contribution in [0.2, 0.25) is 0 Å². The fourth-order valence-corrected chi connectivity index (χ4v) is 2.07. The molecule has 0 saturated carbocycles. The van der Waals surface area contributed by atoms with Crippen molar-refractivity contribution in [3.8, 4) is 0 Å². The lowest BCUT2D eigenvalue weighted by molar-refractivity contribution is -0.134. The van der Waals surface area contributed by atoms with Crippen molar-refractivity contribution in [3.05, 3.63) is 0 Å². The highest BCUT2D eigenvalue weighted by atomic mass is 31.2. The summed E-state index contributed by atoms with van der Waals surface area (Å²) in [6, 6.07) is 0. The van der Waals surface area contributed by atoms with E-state index in [-0.39, 0.29) is 12.3 Å². The molecule has 1 atom stereocenters. The van der Waals surface area contributed by atoms with E-state index in [1.807, 2.05) is 0 Å². The monoisotopic (exact) mass is 180 g/mol. The largest absolute Gasteiger partial charge is 0.481 e. The molecule has 0 bridgehead atoms. The number of carboxylic acid groups (broad SMARTS) is 1. The molecule has 0 aromatic heterocycles. The molecule has 0 rings (SSSR count). The smallest absolute Gasteiger partial charge is 0.313 e. The zero-order chi connectivity index (χ0) is 8.91. The number of rotatable bonds is 5. The van der Waals surface area contributed by atoms with E-state index in [4.69, 9.17) is 9.63 Å². The third kappa shape index (κ3) is 4.17. The molecule has 0 spiro atoms. The number of hydrogen-bond donors (Lipinski definition) is 1. The summed E-state index contributed by atoms with van der Waals surface area (Å²) >= 11 is 0. The predicted molar refractivity (Wildman–Crippen MR) is 42.3 cm³/mol. The third-order valence-corrected chi connectivity index (χ3v) is 3.67. The lowest BCUT2D eigenvalue weighted by Crippen LogP contribution is -2.07. The van der Waals surface area contributed by atoms with Gasteiger partial charge in [-0.1, -0.05) is 6.92 Å². The molecule has 0 aliphatic carbocycles. The van der Waals surface area contributed by atoms with Crippen LogP contribution in [0.5, 0.6) is 0 Å². The van der Waals surface area contributed by atoms with Gasteiger partial charge >= 0.3 is 5.97 Å². The third-order valence-electron chi connectivity index (χ3n) is 1.22. The highest BCUT2D eigenvalue weighted by Gasteiger charge is 2.23. The van der Waals surface area contributed by atoms with Gasteiger partial charge in [-0.05, 0) is 6.92 Å². The molecule has 0 heterocycles. The summed E-state index contributed by atoms with van der Waals surface area (Å²) in [6.07, 6.45) is -0.0789. The van der Waals surface area contributed by atoms with Gasteiger partial charge in [-0.3, -0.25) is 9.36 Å². The summed E-state index contributed by atoms with van der Waals surface area (Å²) in [5, 5.41) is 8.35. The maximum absolute atomic E-state index is 11.4. The first-order valence-electron chi connectivity index (χ1n) is 3.48. The SMILES string of the molecule is CCO[P@](=O)(CC)CC(=O)O. The molecular formula is C6H13O4P. The molecule has 0 amide bonds. The fourth-order valence-electron chi connectivity index (χ4n) is 0.690. The molecule has 11 heavy (non-hydrogen) atoms. The molecule has 0 radical (unpaired) electrons. The Morgan fingerprint density at radius 2 is 2.09 bits per heavy atom. The zero-order valence-electron chi connectivity index (χ0n) is 6.74. The van der Waals surface area contributed by atoms with Gasteiger partial charge in [-0.15, -0.1) is 0 Å². The molecule has 0 aliphatic heterocycles. The van der Waals surface area contributed by atoms with Crippen LogP contribution in [-0.4, -0.2) is 30.0 Å². The number of carboxylic acids is 1. The van der Waals surface area contributed by atoms with E-state index in [2.05, 4.69) is 0 Å². The van der Waals surface area contributed by atoms with Gasteiger partial charge in [-0.2, -0.15) is 0 Å². The van der Waals surface area contributed by atoms with Crippen molar-refractivity contribution < 1.29 is 19.0 Å². The molecule has 0 saturated heterocycles. The van der Waals surface area contributed by atoms with Gasteiger partial charge in [0.25, 0.3) is 0 Å². The van der Waals surface area contributed by atoms with Crippen molar-refractivity contribution in [2.24, 2.45) is 0 Å². The summed E-state index contributed by atoms with van der Waals surface area (Å²) in [7, 11) is -2.86. The highest BCUT2D eigenvalue weighted by Crippen LogP contribution is 2.45. The Balaban J connectivity index is 4.10. The Labute approximate surface area is 66.0 Å². The van der Waals surface area contributed by atoms with Gasteiger partial charge in [0.05, 0.1) is 6.61 Å². The first kappa shape index (κ1) is 10.7. The molecule has 66 valence electrons. The minimum atomic E-state index is -2.86. The summed E-state index contributed by atoms with van der Waals surface area (Å²) < 4.78 is 16.3. The Morgan fingerprint density at radius 3 is 2.36 bits per heavy atom. The zero-order valence-corrected chi connectivity index (χ0v) is 7.63. The maximum Gasteiger partial charge on any atom is 0.313 e. The standard InChI is InChI=1S/C6H13O4P/c1-3-10-11(9,4-2)5-6(7)8/h3-5H2,1-2H3,(H,7,8)/t11-/m1/s1. The van der Waals surface area contributed by atoms with E-state index >= 15 is 0 Å². The van der Waals surface area contributed by atoms with Crippen LogP contribution < -0.4 is 0 Å². The molecule has 0 aromatic carbocycles. The second-order valence-corrected chi connectivity index (χ2v) is 4.94. The minimum Gasteiger partial charge on any atom is -0.481 e.